The van der Waals surface area contributed by atoms with E-state index < -0.39 is 28.9 Å². The lowest BCUT2D eigenvalue weighted by molar-refractivity contribution is -0.137. The van der Waals surface area contributed by atoms with Crippen LogP contribution in [0.1, 0.15) is 18.4 Å². The van der Waals surface area contributed by atoms with Gasteiger partial charge < -0.3 is 10.3 Å². The number of H-pyrrole nitrogens is 1. The van der Waals surface area contributed by atoms with Crippen LogP contribution in [-0.2, 0) is 17.5 Å². The fourth-order valence-corrected chi connectivity index (χ4v) is 2.85. The van der Waals surface area contributed by atoms with Gasteiger partial charge in [-0.1, -0.05) is 24.3 Å². The maximum atomic E-state index is 13.0. The Kier molecular flexibility index (Phi) is 5.34. The quantitative estimate of drug-likeness (QED) is 0.701. The molecular weight excluding hydrogens is 375 g/mol. The number of para-hydroxylation sites is 2. The molecule has 2 aromatic carbocycles. The van der Waals surface area contributed by atoms with Gasteiger partial charge in [0.2, 0.25) is 5.91 Å². The van der Waals surface area contributed by atoms with E-state index in [-0.39, 0.29) is 25.1 Å². The van der Waals surface area contributed by atoms with Crippen LogP contribution < -0.4 is 16.6 Å². The fourth-order valence-electron chi connectivity index (χ4n) is 2.85. The summed E-state index contributed by atoms with van der Waals surface area (Å²) < 4.78 is 39.9. The third kappa shape index (κ3) is 4.13. The first-order chi connectivity index (χ1) is 13.3. The van der Waals surface area contributed by atoms with Crippen molar-refractivity contribution in [2.24, 2.45) is 0 Å². The second-order valence-corrected chi connectivity index (χ2v) is 6.13. The third-order valence-electron chi connectivity index (χ3n) is 4.18. The van der Waals surface area contributed by atoms with E-state index in [0.29, 0.717) is 10.9 Å². The number of benzene rings is 2. The van der Waals surface area contributed by atoms with Crippen LogP contribution in [0.5, 0.6) is 0 Å². The highest BCUT2D eigenvalue weighted by molar-refractivity contribution is 5.91. The number of alkyl halides is 3. The molecule has 28 heavy (non-hydrogen) atoms. The molecule has 0 radical (unpaired) electrons. The smallest absolute Gasteiger partial charge is 0.326 e. The number of carbonyl (C=O) groups is 1. The molecule has 1 heterocycles. The van der Waals surface area contributed by atoms with Gasteiger partial charge in [-0.15, -0.1) is 0 Å². The van der Waals surface area contributed by atoms with Crippen LogP contribution in [0.25, 0.3) is 10.9 Å². The summed E-state index contributed by atoms with van der Waals surface area (Å²) in [6.45, 7) is -0.0344. The zero-order valence-electron chi connectivity index (χ0n) is 14.5. The number of anilines is 1. The van der Waals surface area contributed by atoms with E-state index in [9.17, 15) is 27.6 Å². The minimum atomic E-state index is -4.59. The summed E-state index contributed by atoms with van der Waals surface area (Å²) in [6, 6.07) is 11.2. The van der Waals surface area contributed by atoms with Gasteiger partial charge in [-0.3, -0.25) is 14.2 Å². The Morgan fingerprint density at radius 3 is 2.46 bits per heavy atom. The third-order valence-corrected chi connectivity index (χ3v) is 4.18. The van der Waals surface area contributed by atoms with Gasteiger partial charge in [0.15, 0.2) is 0 Å². The molecule has 0 bridgehead atoms. The molecule has 0 saturated heterocycles. The van der Waals surface area contributed by atoms with Crippen LogP contribution in [0.4, 0.5) is 18.9 Å². The van der Waals surface area contributed by atoms with Crippen molar-refractivity contribution >= 4 is 22.5 Å². The van der Waals surface area contributed by atoms with Gasteiger partial charge in [0.25, 0.3) is 5.56 Å². The molecule has 3 aromatic rings. The number of carbonyl (C=O) groups excluding carboxylic acids is 1. The number of nitrogens with zero attached hydrogens (tertiary/aromatic N) is 1. The predicted molar refractivity (Wildman–Crippen MR) is 98.1 cm³/mol. The second-order valence-electron chi connectivity index (χ2n) is 6.13. The Morgan fingerprint density at radius 1 is 1.04 bits per heavy atom. The molecule has 6 nitrogen and oxygen atoms in total. The number of hydrogen-bond donors (Lipinski definition) is 2. The molecule has 1 amide bonds. The molecule has 146 valence electrons. The number of aromatic amines is 1. The highest BCUT2D eigenvalue weighted by Crippen LogP contribution is 2.34. The van der Waals surface area contributed by atoms with Crippen LogP contribution in [0.15, 0.2) is 58.1 Å². The lowest BCUT2D eigenvalue weighted by atomic mass is 10.1. The molecule has 0 spiro atoms. The Hall–Kier alpha value is -3.36. The number of rotatable bonds is 5. The molecule has 3 rings (SSSR count). The largest absolute Gasteiger partial charge is 0.418 e. The monoisotopic (exact) mass is 391 g/mol. The average molecular weight is 391 g/mol. The van der Waals surface area contributed by atoms with Crippen LogP contribution in [-0.4, -0.2) is 15.5 Å². The van der Waals surface area contributed by atoms with Gasteiger partial charge in [0.1, 0.15) is 0 Å². The van der Waals surface area contributed by atoms with Crippen molar-refractivity contribution in [1.29, 1.82) is 0 Å². The summed E-state index contributed by atoms with van der Waals surface area (Å²) >= 11 is 0. The van der Waals surface area contributed by atoms with Crippen LogP contribution in [0, 0.1) is 0 Å². The molecule has 0 aliphatic heterocycles. The topological polar surface area (TPSA) is 84.0 Å². The normalized spacial score (nSPS) is 11.5. The number of halogens is 3. The number of nitrogens with one attached hydrogen (secondary N) is 2. The summed E-state index contributed by atoms with van der Waals surface area (Å²) in [7, 11) is 0. The second kappa shape index (κ2) is 7.71. The van der Waals surface area contributed by atoms with Crippen molar-refractivity contribution in [3.05, 3.63) is 74.9 Å². The lowest BCUT2D eigenvalue weighted by Gasteiger charge is -2.13. The summed E-state index contributed by atoms with van der Waals surface area (Å²) in [5.41, 5.74) is -1.95. The van der Waals surface area contributed by atoms with Gasteiger partial charge in [-0.2, -0.15) is 13.2 Å². The summed E-state index contributed by atoms with van der Waals surface area (Å²) in [5, 5.41) is 2.57. The minimum absolute atomic E-state index is 0.0344. The van der Waals surface area contributed by atoms with Gasteiger partial charge in [-0.25, -0.2) is 4.79 Å². The number of amides is 1. The van der Waals surface area contributed by atoms with E-state index in [0.717, 1.165) is 10.6 Å². The Morgan fingerprint density at radius 2 is 1.71 bits per heavy atom. The maximum Gasteiger partial charge on any atom is 0.418 e. The zero-order chi connectivity index (χ0) is 20.3. The van der Waals surface area contributed by atoms with Crippen LogP contribution in [0.2, 0.25) is 0 Å². The SMILES string of the molecule is O=C(CCCn1c(=O)[nH]c2ccccc2c1=O)Nc1ccccc1C(F)(F)F. The van der Waals surface area contributed by atoms with E-state index in [1.807, 2.05) is 0 Å². The number of aromatic nitrogens is 2. The standard InChI is InChI=1S/C19H16F3N3O3/c20-19(21,22)13-7-2-4-9-15(13)23-16(26)10-5-11-25-17(27)12-6-1-3-8-14(12)24-18(25)28/h1-4,6-9H,5,10-11H2,(H,23,26)(H,24,28). The summed E-state index contributed by atoms with van der Waals surface area (Å²) in [4.78, 5) is 39.0. The molecule has 1 aromatic heterocycles. The fraction of sp³-hybridized carbons (Fsp3) is 0.211. The minimum Gasteiger partial charge on any atom is -0.326 e. The van der Waals surface area contributed by atoms with E-state index in [4.69, 9.17) is 0 Å². The highest BCUT2D eigenvalue weighted by atomic mass is 19.4. The van der Waals surface area contributed by atoms with E-state index in [1.54, 1.807) is 24.3 Å². The van der Waals surface area contributed by atoms with Crippen molar-refractivity contribution in [2.45, 2.75) is 25.6 Å². The van der Waals surface area contributed by atoms with Crippen molar-refractivity contribution in [3.63, 3.8) is 0 Å². The summed E-state index contributed by atoms with van der Waals surface area (Å²) in [6.07, 6.45) is -4.62. The Bertz CT molecular complexity index is 1130. The number of fused-ring (bicyclic) bond motifs is 1. The van der Waals surface area contributed by atoms with Crippen LogP contribution in [0.3, 0.4) is 0 Å². The van der Waals surface area contributed by atoms with E-state index >= 15 is 0 Å². The maximum absolute atomic E-state index is 13.0. The highest BCUT2D eigenvalue weighted by Gasteiger charge is 2.33. The van der Waals surface area contributed by atoms with Crippen LogP contribution >= 0.6 is 0 Å². The Labute approximate surface area is 156 Å². The summed E-state index contributed by atoms with van der Waals surface area (Å²) in [5.74, 6) is -0.637. The molecule has 9 heteroatoms. The first-order valence-corrected chi connectivity index (χ1v) is 8.45. The molecule has 2 N–H and O–H groups in total. The van der Waals surface area contributed by atoms with Gasteiger partial charge in [0.05, 0.1) is 22.2 Å². The first-order valence-electron chi connectivity index (χ1n) is 8.45. The molecule has 0 atom stereocenters. The van der Waals surface area contributed by atoms with Gasteiger partial charge in [0, 0.05) is 13.0 Å². The number of hydrogen-bond acceptors (Lipinski definition) is 3. The molecule has 0 aliphatic carbocycles. The molecule has 0 saturated carbocycles. The van der Waals surface area contributed by atoms with E-state index in [2.05, 4.69) is 10.3 Å². The van der Waals surface area contributed by atoms with Crippen molar-refractivity contribution in [3.8, 4) is 0 Å². The first kappa shape index (κ1) is 19.4. The van der Waals surface area contributed by atoms with Crippen molar-refractivity contribution < 1.29 is 18.0 Å². The zero-order valence-corrected chi connectivity index (χ0v) is 14.5. The molecule has 0 fully saturated rings. The molecular formula is C19H16F3N3O3. The van der Waals surface area contributed by atoms with Gasteiger partial charge >= 0.3 is 11.9 Å². The lowest BCUT2D eigenvalue weighted by Crippen LogP contribution is -2.35. The molecule has 0 aliphatic rings. The van der Waals surface area contributed by atoms with Crippen molar-refractivity contribution in [1.82, 2.24) is 9.55 Å². The van der Waals surface area contributed by atoms with E-state index in [1.165, 1.54) is 18.2 Å². The average Bonchev–Trinajstić information content (AvgIpc) is 2.64. The predicted octanol–water partition coefficient (Wildman–Crippen LogP) is 3.13. The van der Waals surface area contributed by atoms with Gasteiger partial charge in [-0.05, 0) is 30.7 Å². The Balaban J connectivity index is 1.68. The molecule has 0 unspecified atom stereocenters. The van der Waals surface area contributed by atoms with Crippen molar-refractivity contribution in [2.75, 3.05) is 5.32 Å².